The third-order valence-corrected chi connectivity index (χ3v) is 5.47. The molecule has 1 aliphatic heterocycles. The van der Waals surface area contributed by atoms with Gasteiger partial charge in [-0.3, -0.25) is 0 Å². The van der Waals surface area contributed by atoms with E-state index in [2.05, 4.69) is 11.4 Å². The summed E-state index contributed by atoms with van der Waals surface area (Å²) in [5, 5.41) is 12.7. The Morgan fingerprint density at radius 2 is 2.17 bits per heavy atom. The molecule has 2 aliphatic rings. The van der Waals surface area contributed by atoms with E-state index in [9.17, 15) is 5.11 Å². The highest BCUT2D eigenvalue weighted by Crippen LogP contribution is 2.39. The minimum absolute atomic E-state index is 0.151. The van der Waals surface area contributed by atoms with Gasteiger partial charge in [0.1, 0.15) is 0 Å². The monoisotopic (exact) mass is 266 g/mol. The normalized spacial score (nSPS) is 26.8. The van der Waals surface area contributed by atoms with Gasteiger partial charge in [-0.05, 0) is 61.5 Å². The third-order valence-electron chi connectivity index (χ3n) is 4.48. The van der Waals surface area contributed by atoms with Gasteiger partial charge in [0, 0.05) is 24.0 Å². The molecule has 1 saturated heterocycles. The lowest BCUT2D eigenvalue weighted by atomic mass is 9.79. The van der Waals surface area contributed by atoms with E-state index in [4.69, 9.17) is 4.74 Å². The van der Waals surface area contributed by atoms with Crippen molar-refractivity contribution >= 4 is 11.3 Å². The summed E-state index contributed by atoms with van der Waals surface area (Å²) in [4.78, 5) is 1.51. The molecule has 2 unspecified atom stereocenters. The Bertz CT molecular complexity index is 382. The molecular formula is C15H22O2S. The van der Waals surface area contributed by atoms with Crippen molar-refractivity contribution in [1.29, 1.82) is 0 Å². The summed E-state index contributed by atoms with van der Waals surface area (Å²) >= 11 is 1.86. The maximum absolute atomic E-state index is 10.6. The van der Waals surface area contributed by atoms with E-state index >= 15 is 0 Å². The van der Waals surface area contributed by atoms with E-state index in [1.807, 2.05) is 11.3 Å². The number of hydrogen-bond donors (Lipinski definition) is 1. The molecule has 1 aromatic rings. The maximum atomic E-state index is 10.6. The van der Waals surface area contributed by atoms with Gasteiger partial charge in [0.05, 0.1) is 6.10 Å². The first-order valence-electron chi connectivity index (χ1n) is 7.16. The minimum Gasteiger partial charge on any atom is -0.392 e. The molecule has 0 radical (unpaired) electrons. The van der Waals surface area contributed by atoms with E-state index in [1.54, 1.807) is 0 Å². The molecule has 0 bridgehead atoms. The highest BCUT2D eigenvalue weighted by atomic mass is 32.1. The maximum Gasteiger partial charge on any atom is 0.0611 e. The van der Waals surface area contributed by atoms with Gasteiger partial charge in [-0.2, -0.15) is 0 Å². The summed E-state index contributed by atoms with van der Waals surface area (Å²) in [7, 11) is 0. The van der Waals surface area contributed by atoms with E-state index < -0.39 is 0 Å². The molecule has 2 atom stereocenters. The molecule has 1 aliphatic carbocycles. The predicted molar refractivity (Wildman–Crippen MR) is 74.2 cm³/mol. The van der Waals surface area contributed by atoms with Crippen molar-refractivity contribution in [3.8, 4) is 0 Å². The third kappa shape index (κ3) is 2.63. The van der Waals surface area contributed by atoms with Crippen LogP contribution in [-0.2, 0) is 11.2 Å². The van der Waals surface area contributed by atoms with Crippen LogP contribution in [0.5, 0.6) is 0 Å². The van der Waals surface area contributed by atoms with Crippen molar-refractivity contribution in [3.63, 3.8) is 0 Å². The van der Waals surface area contributed by atoms with Crippen LogP contribution < -0.4 is 0 Å². The van der Waals surface area contributed by atoms with Crippen molar-refractivity contribution in [2.45, 2.75) is 50.5 Å². The number of rotatable bonds is 3. The van der Waals surface area contributed by atoms with Gasteiger partial charge in [0.15, 0.2) is 0 Å². The summed E-state index contributed by atoms with van der Waals surface area (Å²) in [6.07, 6.45) is 6.68. The molecule has 0 aromatic carbocycles. The second-order valence-corrected chi connectivity index (χ2v) is 6.66. The smallest absolute Gasteiger partial charge is 0.0611 e. The van der Waals surface area contributed by atoms with Crippen molar-refractivity contribution in [2.24, 2.45) is 5.92 Å². The highest BCUT2D eigenvalue weighted by Gasteiger charge is 2.29. The van der Waals surface area contributed by atoms with Crippen LogP contribution in [-0.4, -0.2) is 24.4 Å². The Balaban J connectivity index is 1.64. The van der Waals surface area contributed by atoms with E-state index in [-0.39, 0.29) is 6.10 Å². The standard InChI is InChI=1S/C15H22O2S/c16-14(10-11-4-7-17-8-5-11)12-2-1-3-15-13(12)6-9-18-15/h6,9,11-12,14,16H,1-5,7-8,10H2. The van der Waals surface area contributed by atoms with E-state index in [0.29, 0.717) is 11.8 Å². The predicted octanol–water partition coefficient (Wildman–Crippen LogP) is 3.35. The number of fused-ring (bicyclic) bond motifs is 1. The molecule has 18 heavy (non-hydrogen) atoms. The zero-order chi connectivity index (χ0) is 12.4. The number of hydrogen-bond acceptors (Lipinski definition) is 3. The van der Waals surface area contributed by atoms with Crippen LogP contribution >= 0.6 is 11.3 Å². The van der Waals surface area contributed by atoms with Gasteiger partial charge in [0.25, 0.3) is 0 Å². The minimum atomic E-state index is -0.151. The summed E-state index contributed by atoms with van der Waals surface area (Å²) < 4.78 is 5.39. The molecule has 1 fully saturated rings. The topological polar surface area (TPSA) is 29.5 Å². The lowest BCUT2D eigenvalue weighted by Gasteiger charge is -2.31. The number of aryl methyl sites for hydroxylation is 1. The molecule has 100 valence electrons. The first-order chi connectivity index (χ1) is 8.84. The molecule has 2 nitrogen and oxygen atoms in total. The average molecular weight is 266 g/mol. The van der Waals surface area contributed by atoms with Crippen LogP contribution in [0.2, 0.25) is 0 Å². The second-order valence-electron chi connectivity index (χ2n) is 5.66. The Hall–Kier alpha value is -0.380. The number of ether oxygens (including phenoxy) is 1. The zero-order valence-corrected chi connectivity index (χ0v) is 11.6. The van der Waals surface area contributed by atoms with Crippen molar-refractivity contribution in [1.82, 2.24) is 0 Å². The highest BCUT2D eigenvalue weighted by molar-refractivity contribution is 7.10. The number of thiophene rings is 1. The Morgan fingerprint density at radius 3 is 3.00 bits per heavy atom. The molecule has 1 N–H and O–H groups in total. The molecule has 0 spiro atoms. The SMILES string of the molecule is OC(CC1CCOCC1)C1CCCc2sccc21. The van der Waals surface area contributed by atoms with E-state index in [1.165, 1.54) is 23.3 Å². The van der Waals surface area contributed by atoms with Crippen LogP contribution in [0.3, 0.4) is 0 Å². The summed E-state index contributed by atoms with van der Waals surface area (Å²) in [6.45, 7) is 1.76. The van der Waals surface area contributed by atoms with Gasteiger partial charge in [-0.15, -0.1) is 11.3 Å². The summed E-state index contributed by atoms with van der Waals surface area (Å²) in [5.41, 5.74) is 1.44. The number of aliphatic hydroxyl groups excluding tert-OH is 1. The Labute approximate surface area is 113 Å². The summed E-state index contributed by atoms with van der Waals surface area (Å²) in [5.74, 6) is 1.06. The molecule has 1 aromatic heterocycles. The lowest BCUT2D eigenvalue weighted by molar-refractivity contribution is 0.0359. The van der Waals surface area contributed by atoms with Crippen LogP contribution in [0.15, 0.2) is 11.4 Å². The van der Waals surface area contributed by atoms with Crippen molar-refractivity contribution in [2.75, 3.05) is 13.2 Å². The van der Waals surface area contributed by atoms with Crippen LogP contribution in [0, 0.1) is 5.92 Å². The van der Waals surface area contributed by atoms with Crippen molar-refractivity contribution in [3.05, 3.63) is 21.9 Å². The Kier molecular flexibility index (Phi) is 4.02. The molecular weight excluding hydrogens is 244 g/mol. The average Bonchev–Trinajstić information content (AvgIpc) is 2.87. The fourth-order valence-corrected chi connectivity index (χ4v) is 4.41. The first kappa shape index (κ1) is 12.6. The molecule has 3 heteroatoms. The number of aliphatic hydroxyl groups is 1. The van der Waals surface area contributed by atoms with Gasteiger partial charge >= 0.3 is 0 Å². The lowest BCUT2D eigenvalue weighted by Crippen LogP contribution is -2.27. The van der Waals surface area contributed by atoms with Crippen molar-refractivity contribution < 1.29 is 9.84 Å². The zero-order valence-electron chi connectivity index (χ0n) is 10.8. The molecule has 2 heterocycles. The Morgan fingerprint density at radius 1 is 1.33 bits per heavy atom. The van der Waals surface area contributed by atoms with Gasteiger partial charge < -0.3 is 9.84 Å². The van der Waals surface area contributed by atoms with Crippen LogP contribution in [0.4, 0.5) is 0 Å². The molecule has 0 amide bonds. The second kappa shape index (κ2) is 5.72. The fraction of sp³-hybridized carbons (Fsp3) is 0.733. The van der Waals surface area contributed by atoms with Crippen LogP contribution in [0.25, 0.3) is 0 Å². The van der Waals surface area contributed by atoms with E-state index in [0.717, 1.165) is 38.9 Å². The van der Waals surface area contributed by atoms with Gasteiger partial charge in [0.2, 0.25) is 0 Å². The first-order valence-corrected chi connectivity index (χ1v) is 8.04. The van der Waals surface area contributed by atoms with Crippen LogP contribution in [0.1, 0.15) is 48.5 Å². The quantitative estimate of drug-likeness (QED) is 0.909. The fourth-order valence-electron chi connectivity index (χ4n) is 3.41. The molecule has 3 rings (SSSR count). The van der Waals surface area contributed by atoms with Gasteiger partial charge in [-0.1, -0.05) is 0 Å². The summed E-state index contributed by atoms with van der Waals surface area (Å²) in [6, 6.07) is 2.23. The molecule has 0 saturated carbocycles. The largest absolute Gasteiger partial charge is 0.392 e. The van der Waals surface area contributed by atoms with Gasteiger partial charge in [-0.25, -0.2) is 0 Å².